The van der Waals surface area contributed by atoms with Crippen LogP contribution in [0.1, 0.15) is 50.3 Å². The van der Waals surface area contributed by atoms with Crippen molar-refractivity contribution in [3.8, 4) is 6.07 Å². The van der Waals surface area contributed by atoms with Crippen molar-refractivity contribution >= 4 is 15.9 Å². The van der Waals surface area contributed by atoms with Crippen LogP contribution in [-0.4, -0.2) is 37.5 Å². The Balaban J connectivity index is 1.98. The van der Waals surface area contributed by atoms with E-state index in [1.54, 1.807) is 12.1 Å². The first kappa shape index (κ1) is 19.4. The average Bonchev–Trinajstić information content (AvgIpc) is 2.61. The lowest BCUT2D eigenvalue weighted by atomic mass is 9.97. The van der Waals surface area contributed by atoms with E-state index in [2.05, 4.69) is 11.4 Å². The van der Waals surface area contributed by atoms with E-state index < -0.39 is 10.0 Å². The summed E-state index contributed by atoms with van der Waals surface area (Å²) in [6.07, 6.45) is 1.97. The third-order valence-corrected chi connectivity index (χ3v) is 6.55. The molecule has 136 valence electrons. The third kappa shape index (κ3) is 5.03. The highest BCUT2D eigenvalue weighted by atomic mass is 32.2. The summed E-state index contributed by atoms with van der Waals surface area (Å²) >= 11 is 0. The monoisotopic (exact) mass is 363 g/mol. The topological polar surface area (TPSA) is 90.3 Å². The van der Waals surface area contributed by atoms with Crippen molar-refractivity contribution in [2.45, 2.75) is 39.2 Å². The number of carbonyl (C=O) groups is 1. The van der Waals surface area contributed by atoms with Gasteiger partial charge in [-0.15, -0.1) is 0 Å². The number of rotatable bonds is 6. The molecule has 2 unspecified atom stereocenters. The molecule has 1 fully saturated rings. The van der Waals surface area contributed by atoms with Gasteiger partial charge in [0, 0.05) is 13.1 Å². The average molecular weight is 363 g/mol. The van der Waals surface area contributed by atoms with Crippen LogP contribution in [0.15, 0.2) is 24.3 Å². The Morgan fingerprint density at radius 2 is 2.08 bits per heavy atom. The standard InChI is InChI=1S/C18H25N3O3S/c1-3-11-25(23,24)21-10-4-5-17(13-21)18(22)20-14(2)16-8-6-15(12-19)7-9-16/h6-9,14,17H,3-5,10-11,13H2,1-2H3,(H,20,22). The summed E-state index contributed by atoms with van der Waals surface area (Å²) in [6, 6.07) is 8.96. The number of hydrogen-bond donors (Lipinski definition) is 1. The molecule has 1 amide bonds. The van der Waals surface area contributed by atoms with E-state index >= 15 is 0 Å². The van der Waals surface area contributed by atoms with E-state index in [-0.39, 0.29) is 30.2 Å². The zero-order chi connectivity index (χ0) is 18.4. The van der Waals surface area contributed by atoms with Gasteiger partial charge in [-0.2, -0.15) is 5.26 Å². The van der Waals surface area contributed by atoms with E-state index in [0.29, 0.717) is 31.4 Å². The summed E-state index contributed by atoms with van der Waals surface area (Å²) in [5.41, 5.74) is 1.49. The van der Waals surface area contributed by atoms with Gasteiger partial charge in [-0.3, -0.25) is 4.79 Å². The second-order valence-corrected chi connectivity index (χ2v) is 8.57. The fourth-order valence-electron chi connectivity index (χ4n) is 3.06. The third-order valence-electron chi connectivity index (χ3n) is 4.51. The van der Waals surface area contributed by atoms with Crippen molar-refractivity contribution < 1.29 is 13.2 Å². The van der Waals surface area contributed by atoms with Gasteiger partial charge in [-0.05, 0) is 43.9 Å². The molecule has 2 atom stereocenters. The number of nitrogens with one attached hydrogen (secondary N) is 1. The SMILES string of the molecule is CCCS(=O)(=O)N1CCCC(C(=O)NC(C)c2ccc(C#N)cc2)C1. The molecule has 2 rings (SSSR count). The van der Waals surface area contributed by atoms with Crippen LogP contribution in [0.2, 0.25) is 0 Å². The number of amides is 1. The Morgan fingerprint density at radius 3 is 2.68 bits per heavy atom. The molecule has 1 N–H and O–H groups in total. The lowest BCUT2D eigenvalue weighted by Crippen LogP contribution is -2.46. The maximum Gasteiger partial charge on any atom is 0.224 e. The second kappa shape index (κ2) is 8.45. The second-order valence-electron chi connectivity index (χ2n) is 6.48. The predicted octanol–water partition coefficient (Wildman–Crippen LogP) is 2.19. The Hall–Kier alpha value is -1.91. The number of hydrogen-bond acceptors (Lipinski definition) is 4. The summed E-state index contributed by atoms with van der Waals surface area (Å²) in [5, 5.41) is 11.8. The van der Waals surface area contributed by atoms with Crippen molar-refractivity contribution in [3.05, 3.63) is 35.4 Å². The Bertz CT molecular complexity index is 738. The van der Waals surface area contributed by atoms with Gasteiger partial charge < -0.3 is 5.32 Å². The lowest BCUT2D eigenvalue weighted by molar-refractivity contribution is -0.126. The number of nitrogens with zero attached hydrogens (tertiary/aromatic N) is 2. The molecule has 1 heterocycles. The number of sulfonamides is 1. The fourth-order valence-corrected chi connectivity index (χ4v) is 4.65. The summed E-state index contributed by atoms with van der Waals surface area (Å²) in [5.74, 6) is -0.308. The molecule has 1 saturated heterocycles. The first-order chi connectivity index (χ1) is 11.9. The zero-order valence-corrected chi connectivity index (χ0v) is 15.6. The minimum Gasteiger partial charge on any atom is -0.349 e. The van der Waals surface area contributed by atoms with Crippen molar-refractivity contribution in [1.82, 2.24) is 9.62 Å². The number of nitriles is 1. The van der Waals surface area contributed by atoms with Crippen LogP contribution in [0.3, 0.4) is 0 Å². The zero-order valence-electron chi connectivity index (χ0n) is 14.7. The van der Waals surface area contributed by atoms with Gasteiger partial charge in [0.2, 0.25) is 15.9 Å². The quantitative estimate of drug-likeness (QED) is 0.839. The molecule has 25 heavy (non-hydrogen) atoms. The van der Waals surface area contributed by atoms with E-state index in [4.69, 9.17) is 5.26 Å². The molecular weight excluding hydrogens is 338 g/mol. The number of carbonyl (C=O) groups excluding carboxylic acids is 1. The van der Waals surface area contributed by atoms with Gasteiger partial charge in [0.05, 0.1) is 29.3 Å². The Morgan fingerprint density at radius 1 is 1.40 bits per heavy atom. The van der Waals surface area contributed by atoms with Crippen LogP contribution in [0, 0.1) is 17.2 Å². The highest BCUT2D eigenvalue weighted by Gasteiger charge is 2.32. The van der Waals surface area contributed by atoms with Crippen molar-refractivity contribution in [1.29, 1.82) is 5.26 Å². The largest absolute Gasteiger partial charge is 0.349 e. The molecule has 0 radical (unpaired) electrons. The maximum absolute atomic E-state index is 12.6. The first-order valence-corrected chi connectivity index (χ1v) is 10.3. The van der Waals surface area contributed by atoms with E-state index in [1.807, 2.05) is 26.0 Å². The van der Waals surface area contributed by atoms with Crippen LogP contribution in [-0.2, 0) is 14.8 Å². The summed E-state index contributed by atoms with van der Waals surface area (Å²) in [4.78, 5) is 12.6. The molecule has 1 aromatic rings. The van der Waals surface area contributed by atoms with Gasteiger partial charge in [0.25, 0.3) is 0 Å². The smallest absolute Gasteiger partial charge is 0.224 e. The molecule has 0 aliphatic carbocycles. The maximum atomic E-state index is 12.6. The van der Waals surface area contributed by atoms with E-state index in [9.17, 15) is 13.2 Å². The Kier molecular flexibility index (Phi) is 6.57. The molecule has 0 aromatic heterocycles. The molecule has 1 aliphatic rings. The molecule has 0 spiro atoms. The Labute approximate surface area is 149 Å². The lowest BCUT2D eigenvalue weighted by Gasteiger charge is -2.31. The van der Waals surface area contributed by atoms with E-state index in [1.165, 1.54) is 4.31 Å². The molecule has 0 bridgehead atoms. The van der Waals surface area contributed by atoms with Gasteiger partial charge in [0.1, 0.15) is 0 Å². The molecule has 0 saturated carbocycles. The summed E-state index contributed by atoms with van der Waals surface area (Å²) < 4.78 is 25.9. The van der Waals surface area contributed by atoms with Crippen LogP contribution in [0.25, 0.3) is 0 Å². The van der Waals surface area contributed by atoms with Gasteiger partial charge in [-0.1, -0.05) is 19.1 Å². The number of benzene rings is 1. The van der Waals surface area contributed by atoms with Crippen LogP contribution in [0.4, 0.5) is 0 Å². The van der Waals surface area contributed by atoms with Crippen LogP contribution < -0.4 is 5.32 Å². The van der Waals surface area contributed by atoms with Gasteiger partial charge >= 0.3 is 0 Å². The van der Waals surface area contributed by atoms with Gasteiger partial charge in [-0.25, -0.2) is 12.7 Å². The molecule has 7 heteroatoms. The van der Waals surface area contributed by atoms with Crippen molar-refractivity contribution in [2.24, 2.45) is 5.92 Å². The highest BCUT2D eigenvalue weighted by Crippen LogP contribution is 2.21. The van der Waals surface area contributed by atoms with Crippen LogP contribution in [0.5, 0.6) is 0 Å². The van der Waals surface area contributed by atoms with Gasteiger partial charge in [0.15, 0.2) is 0 Å². The first-order valence-electron chi connectivity index (χ1n) is 8.65. The number of piperidine rings is 1. The summed E-state index contributed by atoms with van der Waals surface area (Å²) in [6.45, 7) is 4.48. The minimum atomic E-state index is -3.27. The summed E-state index contributed by atoms with van der Waals surface area (Å²) in [7, 11) is -3.27. The van der Waals surface area contributed by atoms with E-state index in [0.717, 1.165) is 5.56 Å². The van der Waals surface area contributed by atoms with Crippen molar-refractivity contribution in [2.75, 3.05) is 18.8 Å². The normalized spacial score (nSPS) is 19.8. The van der Waals surface area contributed by atoms with Crippen LogP contribution >= 0.6 is 0 Å². The molecule has 1 aromatic carbocycles. The molecule has 1 aliphatic heterocycles. The molecular formula is C18H25N3O3S. The molecule has 6 nitrogen and oxygen atoms in total. The fraction of sp³-hybridized carbons (Fsp3) is 0.556. The highest BCUT2D eigenvalue weighted by molar-refractivity contribution is 7.89. The minimum absolute atomic E-state index is 0.117. The van der Waals surface area contributed by atoms with Crippen molar-refractivity contribution in [3.63, 3.8) is 0 Å². The predicted molar refractivity (Wildman–Crippen MR) is 96.1 cm³/mol.